The highest BCUT2D eigenvalue weighted by Crippen LogP contribution is 2.13. The molecular weight excluding hydrogens is 249 g/mol. The molecule has 100 valence electrons. The molecule has 1 aromatic carbocycles. The maximum Gasteiger partial charge on any atom is 0.414 e. The fourth-order valence-corrected chi connectivity index (χ4v) is 1.23. The van der Waals surface area contributed by atoms with Gasteiger partial charge >= 0.3 is 6.18 Å². The molecule has 0 saturated heterocycles. The van der Waals surface area contributed by atoms with Crippen LogP contribution < -0.4 is 11.2 Å². The number of carbonyl (C=O) groups is 1. The lowest BCUT2D eigenvalue weighted by atomic mass is 10.1. The third-order valence-electron chi connectivity index (χ3n) is 2.04. The van der Waals surface area contributed by atoms with E-state index in [0.717, 1.165) is 5.56 Å². The van der Waals surface area contributed by atoms with Crippen molar-refractivity contribution in [2.45, 2.75) is 18.6 Å². The van der Waals surface area contributed by atoms with Crippen LogP contribution in [0, 0.1) is 0 Å². The van der Waals surface area contributed by atoms with Gasteiger partial charge in [0, 0.05) is 0 Å². The fraction of sp³-hybridized carbons (Fsp3) is 0.364. The first-order valence-corrected chi connectivity index (χ1v) is 5.16. The molecule has 0 saturated carbocycles. The largest absolute Gasteiger partial charge is 0.414 e. The van der Waals surface area contributed by atoms with Gasteiger partial charge in [-0.3, -0.25) is 9.63 Å². The van der Waals surface area contributed by atoms with Crippen LogP contribution in [0.2, 0.25) is 0 Å². The number of amides is 1. The summed E-state index contributed by atoms with van der Waals surface area (Å²) in [6.07, 6.45) is -4.27. The Bertz CT molecular complexity index is 382. The van der Waals surface area contributed by atoms with Gasteiger partial charge in [-0.15, -0.1) is 0 Å². The molecule has 1 unspecified atom stereocenters. The van der Waals surface area contributed by atoms with Crippen molar-refractivity contribution in [3.05, 3.63) is 35.9 Å². The van der Waals surface area contributed by atoms with Crippen LogP contribution in [0.3, 0.4) is 0 Å². The first-order valence-electron chi connectivity index (χ1n) is 5.16. The Hall–Kier alpha value is -1.60. The molecule has 3 N–H and O–H groups in total. The third kappa shape index (κ3) is 5.65. The molecule has 0 heterocycles. The summed E-state index contributed by atoms with van der Waals surface area (Å²) in [5.41, 5.74) is 8.02. The summed E-state index contributed by atoms with van der Waals surface area (Å²) < 4.78 is 35.2. The molecule has 1 rings (SSSR count). The lowest BCUT2D eigenvalue weighted by Gasteiger charge is -2.13. The van der Waals surface area contributed by atoms with Gasteiger partial charge in [-0.25, -0.2) is 5.48 Å². The van der Waals surface area contributed by atoms with Crippen molar-refractivity contribution in [3.8, 4) is 0 Å². The second-order valence-corrected chi connectivity index (χ2v) is 3.67. The Morgan fingerprint density at radius 3 is 2.50 bits per heavy atom. The number of carbonyl (C=O) groups excluding carboxylic acids is 1. The molecule has 1 amide bonds. The lowest BCUT2D eigenvalue weighted by Crippen LogP contribution is -2.43. The number of rotatable bonds is 5. The third-order valence-corrected chi connectivity index (χ3v) is 2.04. The number of nitrogens with one attached hydrogen (secondary N) is 1. The van der Waals surface area contributed by atoms with Crippen molar-refractivity contribution in [1.82, 2.24) is 5.48 Å². The standard InChI is InChI=1S/C11H13F3N2O2/c12-11(13,14)7-18-16-10(17)9(15)6-8-4-2-1-3-5-8/h1-5,9H,6-7,15H2,(H,16,17). The molecule has 0 aliphatic carbocycles. The Morgan fingerprint density at radius 2 is 1.94 bits per heavy atom. The smallest absolute Gasteiger partial charge is 0.320 e. The van der Waals surface area contributed by atoms with E-state index < -0.39 is 24.7 Å². The van der Waals surface area contributed by atoms with E-state index in [1.165, 1.54) is 0 Å². The summed E-state index contributed by atoms with van der Waals surface area (Å²) in [7, 11) is 0. The first-order chi connectivity index (χ1) is 8.38. The summed E-state index contributed by atoms with van der Waals surface area (Å²) in [6, 6.07) is 7.94. The van der Waals surface area contributed by atoms with E-state index in [2.05, 4.69) is 4.84 Å². The van der Waals surface area contributed by atoms with Crippen LogP contribution in [0.4, 0.5) is 13.2 Å². The molecular formula is C11H13F3N2O2. The average Bonchev–Trinajstić information content (AvgIpc) is 2.28. The van der Waals surface area contributed by atoms with Crippen molar-refractivity contribution in [2.24, 2.45) is 5.73 Å². The number of hydroxylamine groups is 1. The molecule has 7 heteroatoms. The van der Waals surface area contributed by atoms with E-state index in [1.807, 2.05) is 6.07 Å². The van der Waals surface area contributed by atoms with E-state index in [-0.39, 0.29) is 6.42 Å². The molecule has 0 radical (unpaired) electrons. The summed E-state index contributed by atoms with van der Waals surface area (Å²) in [5.74, 6) is -0.789. The molecule has 0 aliphatic heterocycles. The molecule has 18 heavy (non-hydrogen) atoms. The minimum atomic E-state index is -4.49. The minimum absolute atomic E-state index is 0.224. The number of alkyl halides is 3. The summed E-state index contributed by atoms with van der Waals surface area (Å²) in [5, 5.41) is 0. The zero-order valence-electron chi connectivity index (χ0n) is 9.41. The van der Waals surface area contributed by atoms with Crippen LogP contribution >= 0.6 is 0 Å². The Kier molecular flexibility index (Phi) is 5.11. The average molecular weight is 262 g/mol. The van der Waals surface area contributed by atoms with E-state index in [1.54, 1.807) is 29.7 Å². The molecule has 0 bridgehead atoms. The fourth-order valence-electron chi connectivity index (χ4n) is 1.23. The van der Waals surface area contributed by atoms with Crippen molar-refractivity contribution in [1.29, 1.82) is 0 Å². The van der Waals surface area contributed by atoms with Crippen molar-refractivity contribution >= 4 is 5.91 Å². The van der Waals surface area contributed by atoms with Gasteiger partial charge in [0.25, 0.3) is 5.91 Å². The van der Waals surface area contributed by atoms with Crippen LogP contribution in [0.5, 0.6) is 0 Å². The zero-order chi connectivity index (χ0) is 13.6. The van der Waals surface area contributed by atoms with Gasteiger partial charge in [-0.1, -0.05) is 30.3 Å². The second-order valence-electron chi connectivity index (χ2n) is 3.67. The predicted octanol–water partition coefficient (Wildman–Crippen LogP) is 1.17. The molecule has 1 aromatic rings. The minimum Gasteiger partial charge on any atom is -0.320 e. The van der Waals surface area contributed by atoms with Crippen LogP contribution in [0.1, 0.15) is 5.56 Å². The maximum absolute atomic E-state index is 11.7. The first kappa shape index (κ1) is 14.5. The number of benzene rings is 1. The Morgan fingerprint density at radius 1 is 1.33 bits per heavy atom. The Labute approximate surface area is 102 Å². The number of nitrogens with two attached hydrogens (primary N) is 1. The summed E-state index contributed by atoms with van der Waals surface area (Å²) >= 11 is 0. The Balaban J connectivity index is 2.34. The quantitative estimate of drug-likeness (QED) is 0.783. The van der Waals surface area contributed by atoms with Gasteiger partial charge in [-0.2, -0.15) is 13.2 Å². The molecule has 4 nitrogen and oxygen atoms in total. The summed E-state index contributed by atoms with van der Waals surface area (Å²) in [4.78, 5) is 15.3. The van der Waals surface area contributed by atoms with E-state index in [4.69, 9.17) is 5.73 Å². The number of halogens is 3. The highest BCUT2D eigenvalue weighted by molar-refractivity contribution is 5.80. The monoisotopic (exact) mass is 262 g/mol. The van der Waals surface area contributed by atoms with Crippen LogP contribution in [-0.4, -0.2) is 24.7 Å². The van der Waals surface area contributed by atoms with Gasteiger partial charge in [-0.05, 0) is 12.0 Å². The van der Waals surface area contributed by atoms with Crippen molar-refractivity contribution < 1.29 is 22.8 Å². The topological polar surface area (TPSA) is 64.4 Å². The normalized spacial score (nSPS) is 13.1. The zero-order valence-corrected chi connectivity index (χ0v) is 9.41. The van der Waals surface area contributed by atoms with Gasteiger partial charge in [0.2, 0.25) is 0 Å². The summed E-state index contributed by atoms with van der Waals surface area (Å²) in [6.45, 7) is -1.54. The van der Waals surface area contributed by atoms with Gasteiger partial charge in [0.05, 0.1) is 6.04 Å². The maximum atomic E-state index is 11.7. The van der Waals surface area contributed by atoms with Crippen molar-refractivity contribution in [3.63, 3.8) is 0 Å². The predicted molar refractivity (Wildman–Crippen MR) is 58.3 cm³/mol. The van der Waals surface area contributed by atoms with Crippen molar-refractivity contribution in [2.75, 3.05) is 6.61 Å². The van der Waals surface area contributed by atoms with Crippen LogP contribution in [0.15, 0.2) is 30.3 Å². The highest BCUT2D eigenvalue weighted by Gasteiger charge is 2.28. The molecule has 1 atom stereocenters. The molecule has 0 fully saturated rings. The number of hydrogen-bond donors (Lipinski definition) is 2. The molecule has 0 aliphatic rings. The number of hydrogen-bond acceptors (Lipinski definition) is 3. The van der Waals surface area contributed by atoms with Crippen LogP contribution in [0.25, 0.3) is 0 Å². The van der Waals surface area contributed by atoms with Gasteiger partial charge < -0.3 is 5.73 Å². The van der Waals surface area contributed by atoms with Gasteiger partial charge in [0.15, 0.2) is 6.61 Å². The van der Waals surface area contributed by atoms with E-state index in [9.17, 15) is 18.0 Å². The highest BCUT2D eigenvalue weighted by atomic mass is 19.4. The van der Waals surface area contributed by atoms with Crippen LogP contribution in [-0.2, 0) is 16.1 Å². The molecule has 0 aromatic heterocycles. The SMILES string of the molecule is NC(Cc1ccccc1)C(=O)NOCC(F)(F)F. The second kappa shape index (κ2) is 6.36. The van der Waals surface area contributed by atoms with E-state index >= 15 is 0 Å². The lowest BCUT2D eigenvalue weighted by molar-refractivity contribution is -0.192. The molecule has 0 spiro atoms. The van der Waals surface area contributed by atoms with Gasteiger partial charge in [0.1, 0.15) is 0 Å². The van der Waals surface area contributed by atoms with E-state index in [0.29, 0.717) is 0 Å².